The number of aromatic carboxylic acids is 1. The lowest BCUT2D eigenvalue weighted by atomic mass is 9.96. The quantitative estimate of drug-likeness (QED) is 0.723. The minimum Gasteiger partial charge on any atom is -0.478 e. The zero-order chi connectivity index (χ0) is 19.9. The van der Waals surface area contributed by atoms with Gasteiger partial charge in [-0.2, -0.15) is 0 Å². The Morgan fingerprint density at radius 1 is 0.929 bits per heavy atom. The van der Waals surface area contributed by atoms with Crippen LogP contribution in [0.3, 0.4) is 0 Å². The number of nitrogens with zero attached hydrogens (tertiary/aromatic N) is 1. The van der Waals surface area contributed by atoms with Gasteiger partial charge in [-0.15, -0.1) is 0 Å². The molecular weight excluding hydrogens is 358 g/mol. The van der Waals surface area contributed by atoms with Crippen LogP contribution in [0.15, 0.2) is 24.3 Å². The number of rotatable bonds is 5. The summed E-state index contributed by atoms with van der Waals surface area (Å²) in [7, 11) is 0. The second-order valence-electron chi connectivity index (χ2n) is 7.75. The van der Waals surface area contributed by atoms with E-state index >= 15 is 0 Å². The van der Waals surface area contributed by atoms with E-state index in [9.17, 15) is 19.5 Å². The molecule has 7 heteroatoms. The number of benzene rings is 1. The Kier molecular flexibility index (Phi) is 6.90. The summed E-state index contributed by atoms with van der Waals surface area (Å²) < 4.78 is 0. The summed E-state index contributed by atoms with van der Waals surface area (Å²) in [5, 5.41) is 15.4. The van der Waals surface area contributed by atoms with Crippen molar-refractivity contribution >= 4 is 17.9 Å². The van der Waals surface area contributed by atoms with Gasteiger partial charge in [0.25, 0.3) is 0 Å². The molecule has 3 N–H and O–H groups in total. The normalized spacial score (nSPS) is 18.5. The fourth-order valence-electron chi connectivity index (χ4n) is 4.09. The first-order chi connectivity index (χ1) is 13.5. The van der Waals surface area contributed by atoms with E-state index in [1.165, 1.54) is 25.3 Å². The molecule has 3 rings (SSSR count). The Morgan fingerprint density at radius 2 is 1.54 bits per heavy atom. The molecule has 7 nitrogen and oxygen atoms in total. The average molecular weight is 387 g/mol. The van der Waals surface area contributed by atoms with E-state index in [0.717, 1.165) is 12.8 Å². The number of carboxylic acid groups (broad SMARTS) is 1. The van der Waals surface area contributed by atoms with Gasteiger partial charge in [-0.05, 0) is 37.3 Å². The molecule has 0 atom stereocenters. The molecule has 28 heavy (non-hydrogen) atoms. The summed E-state index contributed by atoms with van der Waals surface area (Å²) in [6.07, 6.45) is 7.23. The number of carboxylic acids is 1. The van der Waals surface area contributed by atoms with Gasteiger partial charge in [-0.1, -0.05) is 37.5 Å². The van der Waals surface area contributed by atoms with Gasteiger partial charge in [0, 0.05) is 25.2 Å². The maximum atomic E-state index is 12.6. The second kappa shape index (κ2) is 9.57. The van der Waals surface area contributed by atoms with Crippen LogP contribution in [-0.2, 0) is 11.2 Å². The van der Waals surface area contributed by atoms with E-state index in [1.807, 2.05) is 0 Å². The lowest BCUT2D eigenvalue weighted by Gasteiger charge is -2.33. The summed E-state index contributed by atoms with van der Waals surface area (Å²) >= 11 is 0. The number of amides is 3. The largest absolute Gasteiger partial charge is 0.478 e. The Bertz CT molecular complexity index is 707. The first-order valence-corrected chi connectivity index (χ1v) is 10.2. The number of urea groups is 1. The van der Waals surface area contributed by atoms with Crippen molar-refractivity contribution in [1.82, 2.24) is 15.5 Å². The molecule has 0 unspecified atom stereocenters. The maximum Gasteiger partial charge on any atom is 0.335 e. The van der Waals surface area contributed by atoms with E-state index in [-0.39, 0.29) is 36.0 Å². The van der Waals surface area contributed by atoms with Gasteiger partial charge in [-0.3, -0.25) is 4.79 Å². The predicted octanol–water partition coefficient (Wildman–Crippen LogP) is 2.55. The molecule has 2 aliphatic rings. The van der Waals surface area contributed by atoms with Crippen molar-refractivity contribution in [2.24, 2.45) is 0 Å². The fraction of sp³-hybridized carbons (Fsp3) is 0.571. The standard InChI is InChI=1S/C21H29N3O4/c25-19(14-15-6-4-5-9-18(15)20(26)27)24-12-10-17(11-13-24)23-21(28)22-16-7-2-1-3-8-16/h4-6,9,16-17H,1-3,7-8,10-14H2,(H,26,27)(H2,22,23,28). The van der Waals surface area contributed by atoms with Crippen LogP contribution in [0.25, 0.3) is 0 Å². The molecule has 0 spiro atoms. The van der Waals surface area contributed by atoms with Gasteiger partial charge in [0.15, 0.2) is 0 Å². The van der Waals surface area contributed by atoms with Gasteiger partial charge < -0.3 is 20.6 Å². The predicted molar refractivity (Wildman–Crippen MR) is 105 cm³/mol. The third kappa shape index (κ3) is 5.47. The Hall–Kier alpha value is -2.57. The van der Waals surface area contributed by atoms with Crippen LogP contribution in [0, 0.1) is 0 Å². The molecule has 1 heterocycles. The molecule has 0 radical (unpaired) electrons. The Morgan fingerprint density at radius 3 is 2.18 bits per heavy atom. The van der Waals surface area contributed by atoms with E-state index in [0.29, 0.717) is 31.5 Å². The van der Waals surface area contributed by atoms with Crippen molar-refractivity contribution < 1.29 is 19.5 Å². The third-order valence-corrected chi connectivity index (χ3v) is 5.71. The smallest absolute Gasteiger partial charge is 0.335 e. The minimum atomic E-state index is -1.02. The first-order valence-electron chi connectivity index (χ1n) is 10.2. The van der Waals surface area contributed by atoms with E-state index in [1.54, 1.807) is 23.1 Å². The third-order valence-electron chi connectivity index (χ3n) is 5.71. The lowest BCUT2D eigenvalue weighted by Crippen LogP contribution is -2.51. The van der Waals surface area contributed by atoms with Crippen molar-refractivity contribution in [2.75, 3.05) is 13.1 Å². The minimum absolute atomic E-state index is 0.0685. The van der Waals surface area contributed by atoms with Crippen LogP contribution in [-0.4, -0.2) is 53.1 Å². The fourth-order valence-corrected chi connectivity index (χ4v) is 4.09. The number of hydrogen-bond acceptors (Lipinski definition) is 3. The SMILES string of the molecule is O=C(NC1CCCCC1)NC1CCN(C(=O)Cc2ccccc2C(=O)O)CC1. The highest BCUT2D eigenvalue weighted by Gasteiger charge is 2.25. The van der Waals surface area contributed by atoms with Gasteiger partial charge in [-0.25, -0.2) is 9.59 Å². The molecule has 1 saturated heterocycles. The zero-order valence-corrected chi connectivity index (χ0v) is 16.2. The average Bonchev–Trinajstić information content (AvgIpc) is 2.69. The summed E-state index contributed by atoms with van der Waals surface area (Å²) in [5.74, 6) is -1.09. The lowest BCUT2D eigenvalue weighted by molar-refractivity contribution is -0.131. The topological polar surface area (TPSA) is 98.7 Å². The number of likely N-dealkylation sites (tertiary alicyclic amines) is 1. The number of carbonyl (C=O) groups is 3. The van der Waals surface area contributed by atoms with E-state index in [4.69, 9.17) is 0 Å². The molecule has 3 amide bonds. The van der Waals surface area contributed by atoms with Crippen LogP contribution in [0.5, 0.6) is 0 Å². The second-order valence-corrected chi connectivity index (χ2v) is 7.75. The molecule has 1 saturated carbocycles. The summed E-state index contributed by atoms with van der Waals surface area (Å²) in [4.78, 5) is 37.8. The number of piperidine rings is 1. The molecule has 1 aromatic carbocycles. The Labute approximate surface area is 165 Å². The highest BCUT2D eigenvalue weighted by molar-refractivity contribution is 5.91. The Balaban J connectivity index is 1.44. The van der Waals surface area contributed by atoms with Gasteiger partial charge in [0.1, 0.15) is 0 Å². The molecule has 1 aliphatic heterocycles. The van der Waals surface area contributed by atoms with Crippen molar-refractivity contribution in [3.63, 3.8) is 0 Å². The molecule has 1 aliphatic carbocycles. The van der Waals surface area contributed by atoms with Crippen LogP contribution < -0.4 is 10.6 Å². The van der Waals surface area contributed by atoms with Crippen molar-refractivity contribution in [1.29, 1.82) is 0 Å². The number of nitrogens with one attached hydrogen (secondary N) is 2. The molecule has 152 valence electrons. The zero-order valence-electron chi connectivity index (χ0n) is 16.2. The maximum absolute atomic E-state index is 12.6. The first kappa shape index (κ1) is 20.2. The van der Waals surface area contributed by atoms with E-state index in [2.05, 4.69) is 10.6 Å². The van der Waals surface area contributed by atoms with Gasteiger partial charge >= 0.3 is 12.0 Å². The van der Waals surface area contributed by atoms with Gasteiger partial charge in [0.05, 0.1) is 12.0 Å². The van der Waals surface area contributed by atoms with Crippen LogP contribution >= 0.6 is 0 Å². The summed E-state index contributed by atoms with van der Waals surface area (Å²) in [6, 6.07) is 6.86. The monoisotopic (exact) mass is 387 g/mol. The number of hydrogen-bond donors (Lipinski definition) is 3. The highest BCUT2D eigenvalue weighted by atomic mass is 16.4. The molecule has 1 aromatic rings. The van der Waals surface area contributed by atoms with Crippen LogP contribution in [0.2, 0.25) is 0 Å². The molecule has 0 aromatic heterocycles. The van der Waals surface area contributed by atoms with Crippen LogP contribution in [0.4, 0.5) is 4.79 Å². The van der Waals surface area contributed by atoms with Crippen molar-refractivity contribution in [3.05, 3.63) is 35.4 Å². The molecule has 2 fully saturated rings. The summed E-state index contributed by atoms with van der Waals surface area (Å²) in [5.41, 5.74) is 0.707. The number of carbonyl (C=O) groups excluding carboxylic acids is 2. The van der Waals surface area contributed by atoms with Crippen molar-refractivity contribution in [3.8, 4) is 0 Å². The molecular formula is C21H29N3O4. The molecule has 0 bridgehead atoms. The van der Waals surface area contributed by atoms with Gasteiger partial charge in [0.2, 0.25) is 5.91 Å². The highest BCUT2D eigenvalue weighted by Crippen LogP contribution is 2.18. The van der Waals surface area contributed by atoms with Crippen molar-refractivity contribution in [2.45, 2.75) is 63.5 Å². The van der Waals surface area contributed by atoms with E-state index < -0.39 is 5.97 Å². The summed E-state index contributed by atoms with van der Waals surface area (Å²) in [6.45, 7) is 1.14. The van der Waals surface area contributed by atoms with Crippen LogP contribution in [0.1, 0.15) is 60.9 Å².